The number of anilines is 1. The van der Waals surface area contributed by atoms with E-state index in [1.807, 2.05) is 12.1 Å². The van der Waals surface area contributed by atoms with E-state index in [4.69, 9.17) is 21.1 Å². The Labute approximate surface area is 237 Å². The second-order valence-corrected chi connectivity index (χ2v) is 10.3. The quantitative estimate of drug-likeness (QED) is 0.359. The Kier molecular flexibility index (Phi) is 8.49. The summed E-state index contributed by atoms with van der Waals surface area (Å²) < 4.78 is 10.7. The van der Waals surface area contributed by atoms with Crippen LogP contribution in [0.2, 0.25) is 5.02 Å². The van der Waals surface area contributed by atoms with Gasteiger partial charge in [0.1, 0.15) is 11.8 Å². The first-order valence-electron chi connectivity index (χ1n) is 13.2. The normalized spacial score (nSPS) is 16.8. The molecule has 0 saturated carbocycles. The molecule has 0 spiro atoms. The molecule has 0 bridgehead atoms. The van der Waals surface area contributed by atoms with Gasteiger partial charge in [-0.3, -0.25) is 9.59 Å². The lowest BCUT2D eigenvalue weighted by Gasteiger charge is -2.26. The van der Waals surface area contributed by atoms with Crippen LogP contribution in [-0.2, 0) is 16.1 Å². The Bertz CT molecular complexity index is 1400. The largest absolute Gasteiger partial charge is 0.497 e. The SMILES string of the molecule is COc1cccc([C@@H](CO)NC(=O)[C@@H](C)N2Cc3ccc(-c4nc(NC5CCOCC5)ncc4Cl)cc3C2=O)c1. The first kappa shape index (κ1) is 27.8. The molecule has 10 nitrogen and oxygen atoms in total. The van der Waals surface area contributed by atoms with Crippen molar-refractivity contribution in [2.24, 2.45) is 0 Å². The molecule has 1 saturated heterocycles. The van der Waals surface area contributed by atoms with Crippen LogP contribution in [0.1, 0.15) is 47.3 Å². The molecule has 3 N–H and O–H groups in total. The van der Waals surface area contributed by atoms with E-state index in [-0.39, 0.29) is 24.5 Å². The first-order valence-corrected chi connectivity index (χ1v) is 13.6. The highest BCUT2D eigenvalue weighted by molar-refractivity contribution is 6.33. The molecule has 0 radical (unpaired) electrons. The number of benzene rings is 2. The van der Waals surface area contributed by atoms with Gasteiger partial charge in [0.2, 0.25) is 11.9 Å². The fraction of sp³-hybridized carbons (Fsp3) is 0.379. The van der Waals surface area contributed by atoms with E-state index < -0.39 is 12.1 Å². The highest BCUT2D eigenvalue weighted by Crippen LogP contribution is 2.32. The molecule has 2 aromatic carbocycles. The molecular formula is C29H32ClN5O5. The fourth-order valence-corrected chi connectivity index (χ4v) is 5.17. The zero-order valence-electron chi connectivity index (χ0n) is 22.4. The lowest BCUT2D eigenvalue weighted by Crippen LogP contribution is -2.46. The summed E-state index contributed by atoms with van der Waals surface area (Å²) >= 11 is 6.46. The van der Waals surface area contributed by atoms with Gasteiger partial charge in [-0.05, 0) is 49.1 Å². The molecule has 0 aliphatic carbocycles. The molecule has 3 heterocycles. The van der Waals surface area contributed by atoms with E-state index in [0.29, 0.717) is 58.9 Å². The van der Waals surface area contributed by atoms with E-state index in [2.05, 4.69) is 20.6 Å². The van der Waals surface area contributed by atoms with E-state index >= 15 is 0 Å². The van der Waals surface area contributed by atoms with Gasteiger partial charge in [-0.1, -0.05) is 35.9 Å². The number of aromatic nitrogens is 2. The van der Waals surface area contributed by atoms with Crippen LogP contribution in [0, 0.1) is 0 Å². The van der Waals surface area contributed by atoms with Gasteiger partial charge >= 0.3 is 0 Å². The Hall–Kier alpha value is -3.73. The average molecular weight is 566 g/mol. The van der Waals surface area contributed by atoms with Crippen molar-refractivity contribution in [2.45, 2.75) is 44.4 Å². The van der Waals surface area contributed by atoms with Crippen LogP contribution >= 0.6 is 11.6 Å². The van der Waals surface area contributed by atoms with Gasteiger partial charge in [0.25, 0.3) is 5.91 Å². The Morgan fingerprint density at radius 2 is 2.05 bits per heavy atom. The van der Waals surface area contributed by atoms with Crippen LogP contribution < -0.4 is 15.4 Å². The number of aliphatic hydroxyl groups is 1. The molecule has 5 rings (SSSR count). The number of ether oxygens (including phenoxy) is 2. The molecule has 40 heavy (non-hydrogen) atoms. The van der Waals surface area contributed by atoms with E-state index in [1.165, 1.54) is 4.90 Å². The predicted octanol–water partition coefficient (Wildman–Crippen LogP) is 3.59. The minimum Gasteiger partial charge on any atom is -0.497 e. The highest BCUT2D eigenvalue weighted by Gasteiger charge is 2.35. The van der Waals surface area contributed by atoms with Crippen LogP contribution in [0.25, 0.3) is 11.3 Å². The van der Waals surface area contributed by atoms with E-state index in [0.717, 1.165) is 18.4 Å². The predicted molar refractivity (Wildman–Crippen MR) is 150 cm³/mol. The van der Waals surface area contributed by atoms with E-state index in [9.17, 15) is 14.7 Å². The molecular weight excluding hydrogens is 534 g/mol. The summed E-state index contributed by atoms with van der Waals surface area (Å²) in [7, 11) is 1.55. The average Bonchev–Trinajstić information content (AvgIpc) is 3.32. The molecule has 1 aromatic heterocycles. The van der Waals surface area contributed by atoms with Crippen LogP contribution in [0.3, 0.4) is 0 Å². The van der Waals surface area contributed by atoms with Crippen molar-refractivity contribution >= 4 is 29.4 Å². The standard InChI is InChI=1S/C29H32ClN5O5/c1-17(27(37)33-25(16-36)18-4-3-5-22(12-18)39-2)35-15-20-7-6-19(13-23(20)28(35)38)26-24(30)14-31-29(34-26)32-21-8-10-40-11-9-21/h3-7,12-14,17,21,25,36H,8-11,15-16H2,1-2H3,(H,33,37)(H,31,32,34)/t17-,25-/m1/s1. The molecule has 1 fully saturated rings. The lowest BCUT2D eigenvalue weighted by atomic mass is 10.0. The van der Waals surface area contributed by atoms with Crippen molar-refractivity contribution in [1.82, 2.24) is 20.2 Å². The summed E-state index contributed by atoms with van der Waals surface area (Å²) in [4.78, 5) is 37.1. The third-order valence-electron chi connectivity index (χ3n) is 7.36. The summed E-state index contributed by atoms with van der Waals surface area (Å²) in [6.07, 6.45) is 3.29. The molecule has 11 heteroatoms. The third kappa shape index (κ3) is 5.89. The number of carbonyl (C=O) groups is 2. The van der Waals surface area contributed by atoms with Crippen molar-refractivity contribution in [2.75, 3.05) is 32.2 Å². The zero-order valence-corrected chi connectivity index (χ0v) is 23.1. The van der Waals surface area contributed by atoms with Crippen molar-refractivity contribution in [3.8, 4) is 17.0 Å². The summed E-state index contributed by atoms with van der Waals surface area (Å²) in [5, 5.41) is 16.5. The first-order chi connectivity index (χ1) is 19.4. The number of amides is 2. The Morgan fingerprint density at radius 3 is 2.80 bits per heavy atom. The maximum absolute atomic E-state index is 13.4. The lowest BCUT2D eigenvalue weighted by molar-refractivity contribution is -0.126. The van der Waals surface area contributed by atoms with Crippen molar-refractivity contribution in [3.63, 3.8) is 0 Å². The van der Waals surface area contributed by atoms with Gasteiger partial charge in [0.15, 0.2) is 0 Å². The molecule has 0 unspecified atom stereocenters. The number of carbonyl (C=O) groups excluding carboxylic acids is 2. The summed E-state index contributed by atoms with van der Waals surface area (Å²) in [5.74, 6) is 0.465. The number of rotatable bonds is 9. The van der Waals surface area contributed by atoms with Crippen LogP contribution in [-0.4, -0.2) is 70.8 Å². The van der Waals surface area contributed by atoms with E-state index in [1.54, 1.807) is 50.6 Å². The monoisotopic (exact) mass is 565 g/mol. The summed E-state index contributed by atoms with van der Waals surface area (Å²) in [5.41, 5.74) is 3.22. The number of hydrogen-bond acceptors (Lipinski definition) is 8. The smallest absolute Gasteiger partial charge is 0.255 e. The van der Waals surface area contributed by atoms with Crippen molar-refractivity contribution < 1.29 is 24.2 Å². The van der Waals surface area contributed by atoms with Crippen LogP contribution in [0.15, 0.2) is 48.7 Å². The van der Waals surface area contributed by atoms with Gasteiger partial charge in [0.05, 0.1) is 36.7 Å². The number of aliphatic hydroxyl groups excluding tert-OH is 1. The van der Waals surface area contributed by atoms with Gasteiger partial charge in [-0.25, -0.2) is 9.97 Å². The molecule has 3 aromatic rings. The minimum absolute atomic E-state index is 0.222. The number of nitrogens with zero attached hydrogens (tertiary/aromatic N) is 3. The minimum atomic E-state index is -0.763. The number of halogens is 1. The molecule has 2 atom stereocenters. The second kappa shape index (κ2) is 12.2. The Balaban J connectivity index is 1.30. The van der Waals surface area contributed by atoms with Crippen LogP contribution in [0.4, 0.5) is 5.95 Å². The Morgan fingerprint density at radius 1 is 1.25 bits per heavy atom. The van der Waals surface area contributed by atoms with Gasteiger partial charge < -0.3 is 30.1 Å². The molecule has 2 aliphatic rings. The zero-order chi connectivity index (χ0) is 28.2. The molecule has 210 valence electrons. The number of hydrogen-bond donors (Lipinski definition) is 3. The summed E-state index contributed by atoms with van der Waals surface area (Å²) in [6.45, 7) is 3.06. The molecule has 2 aliphatic heterocycles. The number of fused-ring (bicyclic) bond motifs is 1. The van der Waals surface area contributed by atoms with Gasteiger partial charge in [-0.2, -0.15) is 0 Å². The van der Waals surface area contributed by atoms with Crippen LogP contribution in [0.5, 0.6) is 5.75 Å². The van der Waals surface area contributed by atoms with Crippen molar-refractivity contribution in [3.05, 3.63) is 70.4 Å². The summed E-state index contributed by atoms with van der Waals surface area (Å²) in [6, 6.07) is 11.5. The highest BCUT2D eigenvalue weighted by atomic mass is 35.5. The maximum Gasteiger partial charge on any atom is 0.255 e. The number of nitrogens with one attached hydrogen (secondary N) is 2. The van der Waals surface area contributed by atoms with Gasteiger partial charge in [0, 0.05) is 36.9 Å². The maximum atomic E-state index is 13.4. The third-order valence-corrected chi connectivity index (χ3v) is 7.63. The van der Waals surface area contributed by atoms with Crippen molar-refractivity contribution in [1.29, 1.82) is 0 Å². The topological polar surface area (TPSA) is 126 Å². The number of methoxy groups -OCH3 is 1. The second-order valence-electron chi connectivity index (χ2n) is 9.92. The molecule has 2 amide bonds. The fourth-order valence-electron chi connectivity index (χ4n) is 4.97. The van der Waals surface area contributed by atoms with Gasteiger partial charge in [-0.15, -0.1) is 0 Å².